The van der Waals surface area contributed by atoms with E-state index in [0.29, 0.717) is 0 Å². The summed E-state index contributed by atoms with van der Waals surface area (Å²) in [6, 6.07) is 0.761. The van der Waals surface area contributed by atoms with E-state index in [0.717, 1.165) is 18.3 Å². The molecule has 1 saturated heterocycles. The van der Waals surface area contributed by atoms with E-state index in [2.05, 4.69) is 23.6 Å². The van der Waals surface area contributed by atoms with Crippen LogP contribution in [0.25, 0.3) is 0 Å². The Morgan fingerprint density at radius 2 is 2.45 bits per heavy atom. The van der Waals surface area contributed by atoms with E-state index in [9.17, 15) is 0 Å². The Kier molecular flexibility index (Phi) is 4.65. The van der Waals surface area contributed by atoms with Crippen molar-refractivity contribution in [3.8, 4) is 0 Å². The molecule has 0 N–H and O–H groups in total. The third-order valence-electron chi connectivity index (χ3n) is 2.08. The molecule has 0 aromatic heterocycles. The molecule has 66 valence electrons. The predicted molar refractivity (Wildman–Crippen MR) is 53.7 cm³/mol. The summed E-state index contributed by atoms with van der Waals surface area (Å²) >= 11 is 7.70. The number of nitrogens with zero attached hydrogens (tertiary/aromatic N) is 1. The van der Waals surface area contributed by atoms with E-state index < -0.39 is 0 Å². The monoisotopic (exact) mass is 193 g/mol. The van der Waals surface area contributed by atoms with Crippen molar-refractivity contribution in [3.63, 3.8) is 0 Å². The van der Waals surface area contributed by atoms with Crippen molar-refractivity contribution in [3.05, 3.63) is 0 Å². The average Bonchev–Trinajstić information content (AvgIpc) is 2.03. The predicted octanol–water partition coefficient (Wildman–Crippen LogP) is 2.05. The molecule has 1 fully saturated rings. The molecule has 3 heteroatoms. The van der Waals surface area contributed by atoms with Gasteiger partial charge >= 0.3 is 0 Å². The number of hydrogen-bond acceptors (Lipinski definition) is 2. The standard InChI is InChI=1S/C8H16ClNS/c1-8-7-11-6-5-10(8)4-2-3-9/h8H,2-7H2,1H3. The SMILES string of the molecule is CC1CSCCN1CCCCl. The highest BCUT2D eigenvalue weighted by atomic mass is 35.5. The molecule has 0 spiro atoms. The van der Waals surface area contributed by atoms with Gasteiger partial charge < -0.3 is 0 Å². The van der Waals surface area contributed by atoms with Crippen molar-refractivity contribution in [2.45, 2.75) is 19.4 Å². The first-order valence-electron chi connectivity index (χ1n) is 4.22. The maximum atomic E-state index is 5.64. The summed E-state index contributed by atoms with van der Waals surface area (Å²) in [5.74, 6) is 3.39. The first-order chi connectivity index (χ1) is 5.34. The second-order valence-electron chi connectivity index (χ2n) is 3.00. The van der Waals surface area contributed by atoms with Crippen LogP contribution in [-0.4, -0.2) is 41.4 Å². The van der Waals surface area contributed by atoms with Gasteiger partial charge in [0.05, 0.1) is 0 Å². The molecular weight excluding hydrogens is 178 g/mol. The molecule has 1 rings (SSSR count). The van der Waals surface area contributed by atoms with Crippen LogP contribution in [0.3, 0.4) is 0 Å². The Bertz CT molecular complexity index is 110. The smallest absolute Gasteiger partial charge is 0.0235 e. The summed E-state index contributed by atoms with van der Waals surface area (Å²) in [4.78, 5) is 2.54. The molecule has 0 aromatic carbocycles. The Morgan fingerprint density at radius 1 is 1.64 bits per heavy atom. The van der Waals surface area contributed by atoms with Crippen LogP contribution in [0.2, 0.25) is 0 Å². The Hall–Kier alpha value is 0.600. The largest absolute Gasteiger partial charge is 0.299 e. The molecular formula is C8H16ClNS. The van der Waals surface area contributed by atoms with Crippen LogP contribution in [0.15, 0.2) is 0 Å². The Balaban J connectivity index is 2.18. The van der Waals surface area contributed by atoms with Gasteiger partial charge in [-0.2, -0.15) is 11.8 Å². The highest BCUT2D eigenvalue weighted by molar-refractivity contribution is 7.99. The van der Waals surface area contributed by atoms with Gasteiger partial charge in [-0.1, -0.05) is 0 Å². The van der Waals surface area contributed by atoms with Gasteiger partial charge in [0.2, 0.25) is 0 Å². The highest BCUT2D eigenvalue weighted by Crippen LogP contribution is 2.15. The highest BCUT2D eigenvalue weighted by Gasteiger charge is 2.16. The van der Waals surface area contributed by atoms with Gasteiger partial charge in [-0.15, -0.1) is 11.6 Å². The van der Waals surface area contributed by atoms with Crippen LogP contribution in [-0.2, 0) is 0 Å². The van der Waals surface area contributed by atoms with E-state index in [4.69, 9.17) is 11.6 Å². The van der Waals surface area contributed by atoms with Crippen molar-refractivity contribution in [1.82, 2.24) is 4.90 Å². The average molecular weight is 194 g/mol. The first-order valence-corrected chi connectivity index (χ1v) is 5.91. The van der Waals surface area contributed by atoms with Gasteiger partial charge in [0.15, 0.2) is 0 Å². The summed E-state index contributed by atoms with van der Waals surface area (Å²) < 4.78 is 0. The van der Waals surface area contributed by atoms with Crippen LogP contribution >= 0.6 is 23.4 Å². The minimum Gasteiger partial charge on any atom is -0.299 e. The van der Waals surface area contributed by atoms with Crippen LogP contribution in [0, 0.1) is 0 Å². The maximum absolute atomic E-state index is 5.64. The van der Waals surface area contributed by atoms with Gasteiger partial charge in [-0.25, -0.2) is 0 Å². The molecule has 1 nitrogen and oxygen atoms in total. The zero-order valence-electron chi connectivity index (χ0n) is 7.05. The van der Waals surface area contributed by atoms with Crippen molar-refractivity contribution in [1.29, 1.82) is 0 Å². The third kappa shape index (κ3) is 3.22. The molecule has 0 radical (unpaired) electrons. The number of thioether (sulfide) groups is 1. The molecule has 1 atom stereocenters. The fourth-order valence-corrected chi connectivity index (χ4v) is 2.56. The first kappa shape index (κ1) is 9.69. The summed E-state index contributed by atoms with van der Waals surface area (Å²) in [7, 11) is 0. The summed E-state index contributed by atoms with van der Waals surface area (Å²) in [5, 5.41) is 0. The second-order valence-corrected chi connectivity index (χ2v) is 4.53. The molecule has 0 bridgehead atoms. The Morgan fingerprint density at radius 3 is 3.09 bits per heavy atom. The Labute approximate surface area is 78.5 Å². The minimum absolute atomic E-state index is 0.761. The lowest BCUT2D eigenvalue weighted by atomic mass is 10.3. The molecule has 0 saturated carbocycles. The molecule has 1 aliphatic rings. The van der Waals surface area contributed by atoms with E-state index >= 15 is 0 Å². The quantitative estimate of drug-likeness (QED) is 0.632. The van der Waals surface area contributed by atoms with E-state index in [1.54, 1.807) is 0 Å². The van der Waals surface area contributed by atoms with Crippen LogP contribution in [0.1, 0.15) is 13.3 Å². The normalized spacial score (nSPS) is 27.3. The minimum atomic E-state index is 0.761. The van der Waals surface area contributed by atoms with E-state index in [1.165, 1.54) is 24.6 Å². The third-order valence-corrected chi connectivity index (χ3v) is 3.54. The van der Waals surface area contributed by atoms with Gasteiger partial charge in [0.25, 0.3) is 0 Å². The van der Waals surface area contributed by atoms with Crippen molar-refractivity contribution in [2.24, 2.45) is 0 Å². The summed E-state index contributed by atoms with van der Waals surface area (Å²) in [5.41, 5.74) is 0. The van der Waals surface area contributed by atoms with Crippen molar-refractivity contribution in [2.75, 3.05) is 30.5 Å². The van der Waals surface area contributed by atoms with Gasteiger partial charge in [-0.05, 0) is 19.9 Å². The fraction of sp³-hybridized carbons (Fsp3) is 1.00. The van der Waals surface area contributed by atoms with Crippen LogP contribution in [0.5, 0.6) is 0 Å². The number of halogens is 1. The van der Waals surface area contributed by atoms with E-state index in [1.807, 2.05) is 0 Å². The molecule has 0 aromatic rings. The molecule has 11 heavy (non-hydrogen) atoms. The maximum Gasteiger partial charge on any atom is 0.0235 e. The zero-order valence-corrected chi connectivity index (χ0v) is 8.63. The molecule has 1 aliphatic heterocycles. The van der Waals surface area contributed by atoms with Gasteiger partial charge in [0, 0.05) is 30.0 Å². The molecule has 0 amide bonds. The number of alkyl halides is 1. The van der Waals surface area contributed by atoms with Gasteiger partial charge in [0.1, 0.15) is 0 Å². The number of hydrogen-bond donors (Lipinski definition) is 0. The van der Waals surface area contributed by atoms with Gasteiger partial charge in [-0.3, -0.25) is 4.90 Å². The molecule has 1 unspecified atom stereocenters. The summed E-state index contributed by atoms with van der Waals surface area (Å²) in [6.07, 6.45) is 1.14. The fourth-order valence-electron chi connectivity index (χ4n) is 1.36. The zero-order chi connectivity index (χ0) is 8.10. The molecule has 1 heterocycles. The number of rotatable bonds is 3. The van der Waals surface area contributed by atoms with Crippen LogP contribution < -0.4 is 0 Å². The lowest BCUT2D eigenvalue weighted by molar-refractivity contribution is 0.234. The lowest BCUT2D eigenvalue weighted by Crippen LogP contribution is -2.40. The van der Waals surface area contributed by atoms with Crippen molar-refractivity contribution < 1.29 is 0 Å². The van der Waals surface area contributed by atoms with E-state index in [-0.39, 0.29) is 0 Å². The topological polar surface area (TPSA) is 3.24 Å². The lowest BCUT2D eigenvalue weighted by Gasteiger charge is -2.32. The summed E-state index contributed by atoms with van der Waals surface area (Å²) in [6.45, 7) is 4.74. The second kappa shape index (κ2) is 5.28. The van der Waals surface area contributed by atoms with Crippen LogP contribution in [0.4, 0.5) is 0 Å². The van der Waals surface area contributed by atoms with Crippen molar-refractivity contribution >= 4 is 23.4 Å². The molecule has 0 aliphatic carbocycles.